The molecule has 0 unspecified atom stereocenters. The van der Waals surface area contributed by atoms with Gasteiger partial charge in [-0.3, -0.25) is 10.2 Å². The van der Waals surface area contributed by atoms with Crippen molar-refractivity contribution in [3.63, 3.8) is 0 Å². The van der Waals surface area contributed by atoms with E-state index >= 15 is 0 Å². The molecule has 0 radical (unpaired) electrons. The fraction of sp³-hybridized carbons (Fsp3) is 0.318. The molecule has 4 heterocycles. The van der Waals surface area contributed by atoms with Crippen molar-refractivity contribution in [1.82, 2.24) is 30.0 Å². The highest BCUT2D eigenvalue weighted by molar-refractivity contribution is 5.88. The van der Waals surface area contributed by atoms with Gasteiger partial charge >= 0.3 is 6.03 Å². The number of carbonyl (C=O) groups is 1. The molecular weight excluding hydrogens is 425 g/mol. The monoisotopic (exact) mass is 449 g/mol. The number of pyridine rings is 2. The molecule has 10 nitrogen and oxygen atoms in total. The van der Waals surface area contributed by atoms with Crippen molar-refractivity contribution >= 4 is 17.5 Å². The van der Waals surface area contributed by atoms with E-state index in [9.17, 15) is 14.4 Å². The molecule has 3 aromatic rings. The lowest BCUT2D eigenvalue weighted by atomic mass is 10.2. The van der Waals surface area contributed by atoms with Gasteiger partial charge in [0.25, 0.3) is 0 Å². The summed E-state index contributed by atoms with van der Waals surface area (Å²) in [6.07, 6.45) is 4.92. The van der Waals surface area contributed by atoms with E-state index in [1.54, 1.807) is 36.1 Å². The highest BCUT2D eigenvalue weighted by Gasteiger charge is 2.22. The molecule has 33 heavy (non-hydrogen) atoms. The Morgan fingerprint density at radius 1 is 1.21 bits per heavy atom. The number of nitriles is 1. The number of hydrogen-bond acceptors (Lipinski definition) is 7. The number of aromatic nitrogens is 4. The van der Waals surface area contributed by atoms with E-state index in [1.807, 2.05) is 12.1 Å². The number of piperazine rings is 1. The van der Waals surface area contributed by atoms with Crippen molar-refractivity contribution in [2.45, 2.75) is 13.5 Å². The van der Waals surface area contributed by atoms with Gasteiger partial charge in [-0.25, -0.2) is 23.8 Å². The van der Waals surface area contributed by atoms with Crippen molar-refractivity contribution in [2.24, 2.45) is 0 Å². The molecular formula is C22H24FN9O. The quantitative estimate of drug-likeness (QED) is 0.592. The molecule has 1 saturated heterocycles. The summed E-state index contributed by atoms with van der Waals surface area (Å²) in [4.78, 5) is 24.3. The van der Waals surface area contributed by atoms with E-state index in [0.717, 1.165) is 5.69 Å². The van der Waals surface area contributed by atoms with Gasteiger partial charge in [0.15, 0.2) is 23.1 Å². The van der Waals surface area contributed by atoms with Crippen LogP contribution < -0.4 is 15.5 Å². The second-order valence-electron chi connectivity index (χ2n) is 7.48. The van der Waals surface area contributed by atoms with Crippen LogP contribution in [0.15, 0.2) is 42.9 Å². The van der Waals surface area contributed by atoms with Crippen LogP contribution in [0.25, 0.3) is 5.82 Å². The lowest BCUT2D eigenvalue weighted by Crippen LogP contribution is -2.46. The maximum absolute atomic E-state index is 14.8. The van der Waals surface area contributed by atoms with Gasteiger partial charge in [-0.15, -0.1) is 0 Å². The molecule has 0 aromatic carbocycles. The number of carbonyl (C=O) groups excluding carboxylic acids is 1. The maximum Gasteiger partial charge on any atom is 0.320 e. The number of amides is 2. The van der Waals surface area contributed by atoms with Crippen molar-refractivity contribution in [3.05, 3.63) is 59.9 Å². The Kier molecular flexibility index (Phi) is 6.75. The van der Waals surface area contributed by atoms with Gasteiger partial charge in [0.1, 0.15) is 6.07 Å². The summed E-state index contributed by atoms with van der Waals surface area (Å²) < 4.78 is 16.4. The van der Waals surface area contributed by atoms with Crippen LogP contribution in [0.1, 0.15) is 18.2 Å². The summed E-state index contributed by atoms with van der Waals surface area (Å²) in [6, 6.07) is 8.84. The first kappa shape index (κ1) is 22.2. The predicted octanol–water partition coefficient (Wildman–Crippen LogP) is 2.14. The zero-order chi connectivity index (χ0) is 23.2. The van der Waals surface area contributed by atoms with Crippen LogP contribution in [-0.4, -0.2) is 63.4 Å². The van der Waals surface area contributed by atoms with Crippen LogP contribution in [0.3, 0.4) is 0 Å². The molecule has 1 fully saturated rings. The lowest BCUT2D eigenvalue weighted by molar-refractivity contribution is 0.246. The first-order chi connectivity index (χ1) is 16.1. The lowest BCUT2D eigenvalue weighted by Gasteiger charge is -2.36. The fourth-order valence-corrected chi connectivity index (χ4v) is 3.70. The van der Waals surface area contributed by atoms with Gasteiger partial charge in [-0.05, 0) is 31.2 Å². The number of rotatable bonds is 6. The molecule has 3 aromatic heterocycles. The second kappa shape index (κ2) is 10.1. The standard InChI is InChI=1S/C22H24FN9O/c1-2-25-22(33)29-21-20(23)16(6-8-26-21)15-30-10-12-31(13-11-30)18-4-5-19(28-17(18)14-24)32-9-3-7-27-32/h3-9H,2,10-13,15H2,1H3,(H2,25,26,29,33). The predicted molar refractivity (Wildman–Crippen MR) is 120 cm³/mol. The molecule has 11 heteroatoms. The minimum Gasteiger partial charge on any atom is -0.367 e. The van der Waals surface area contributed by atoms with Crippen LogP contribution in [0.4, 0.5) is 20.7 Å². The molecule has 2 amide bonds. The van der Waals surface area contributed by atoms with E-state index < -0.39 is 11.8 Å². The van der Waals surface area contributed by atoms with Crippen LogP contribution in [0, 0.1) is 17.1 Å². The Morgan fingerprint density at radius 3 is 2.73 bits per heavy atom. The molecule has 1 aliphatic rings. The Morgan fingerprint density at radius 2 is 2.03 bits per heavy atom. The van der Waals surface area contributed by atoms with E-state index in [0.29, 0.717) is 56.3 Å². The summed E-state index contributed by atoms with van der Waals surface area (Å²) in [6.45, 7) is 5.34. The van der Waals surface area contributed by atoms with Crippen LogP contribution >= 0.6 is 0 Å². The van der Waals surface area contributed by atoms with E-state index in [-0.39, 0.29) is 5.82 Å². The van der Waals surface area contributed by atoms with Crippen LogP contribution in [0.5, 0.6) is 0 Å². The smallest absolute Gasteiger partial charge is 0.320 e. The highest BCUT2D eigenvalue weighted by Crippen LogP contribution is 2.23. The summed E-state index contributed by atoms with van der Waals surface area (Å²) >= 11 is 0. The molecule has 0 saturated carbocycles. The zero-order valence-corrected chi connectivity index (χ0v) is 18.2. The molecule has 170 valence electrons. The largest absolute Gasteiger partial charge is 0.367 e. The van der Waals surface area contributed by atoms with Crippen molar-refractivity contribution < 1.29 is 9.18 Å². The molecule has 0 bridgehead atoms. The first-order valence-corrected chi connectivity index (χ1v) is 10.7. The molecule has 0 atom stereocenters. The Hall–Kier alpha value is -4.04. The van der Waals surface area contributed by atoms with Crippen LogP contribution in [0.2, 0.25) is 0 Å². The summed E-state index contributed by atoms with van der Waals surface area (Å²) in [5.74, 6) is -0.0282. The van der Waals surface area contributed by atoms with Crippen molar-refractivity contribution in [3.8, 4) is 11.9 Å². The number of halogens is 1. The number of nitrogens with one attached hydrogen (secondary N) is 2. The van der Waals surface area contributed by atoms with E-state index in [4.69, 9.17) is 0 Å². The minimum absolute atomic E-state index is 0.0842. The highest BCUT2D eigenvalue weighted by atomic mass is 19.1. The third-order valence-electron chi connectivity index (χ3n) is 5.35. The van der Waals surface area contributed by atoms with Gasteiger partial charge < -0.3 is 10.2 Å². The average molecular weight is 449 g/mol. The zero-order valence-electron chi connectivity index (χ0n) is 18.2. The molecule has 1 aliphatic heterocycles. The summed E-state index contributed by atoms with van der Waals surface area (Å²) in [5, 5.41) is 18.8. The first-order valence-electron chi connectivity index (χ1n) is 10.7. The number of nitrogens with zero attached hydrogens (tertiary/aromatic N) is 7. The van der Waals surface area contributed by atoms with Gasteiger partial charge in [0, 0.05) is 63.4 Å². The van der Waals surface area contributed by atoms with E-state index in [2.05, 4.69) is 41.6 Å². The topological polar surface area (TPSA) is 115 Å². The number of urea groups is 1. The normalized spacial score (nSPS) is 14.0. The Labute approximate surface area is 190 Å². The third-order valence-corrected chi connectivity index (χ3v) is 5.35. The molecule has 0 spiro atoms. The van der Waals surface area contributed by atoms with Gasteiger partial charge in [-0.1, -0.05) is 0 Å². The maximum atomic E-state index is 14.8. The van der Waals surface area contributed by atoms with Gasteiger partial charge in [-0.2, -0.15) is 10.4 Å². The minimum atomic E-state index is -0.531. The van der Waals surface area contributed by atoms with Crippen LogP contribution in [-0.2, 0) is 6.54 Å². The van der Waals surface area contributed by atoms with Gasteiger partial charge in [0.2, 0.25) is 0 Å². The van der Waals surface area contributed by atoms with Crippen molar-refractivity contribution in [2.75, 3.05) is 42.9 Å². The van der Waals surface area contributed by atoms with Crippen molar-refractivity contribution in [1.29, 1.82) is 5.26 Å². The molecule has 0 aliphatic carbocycles. The van der Waals surface area contributed by atoms with E-state index in [1.165, 1.54) is 6.20 Å². The summed E-state index contributed by atoms with van der Waals surface area (Å²) in [7, 11) is 0. The summed E-state index contributed by atoms with van der Waals surface area (Å²) in [5.41, 5.74) is 1.59. The number of hydrogen-bond donors (Lipinski definition) is 2. The Bertz CT molecular complexity index is 1150. The molecule has 2 N–H and O–H groups in total. The Balaban J connectivity index is 1.40. The third kappa shape index (κ3) is 5.07. The van der Waals surface area contributed by atoms with Gasteiger partial charge in [0.05, 0.1) is 5.69 Å². The number of anilines is 2. The average Bonchev–Trinajstić information content (AvgIpc) is 3.37. The molecule has 4 rings (SSSR count). The second-order valence-corrected chi connectivity index (χ2v) is 7.48. The SMILES string of the molecule is CCNC(=O)Nc1nccc(CN2CCN(c3ccc(-n4cccn4)nc3C#N)CC2)c1F. The fourth-order valence-electron chi connectivity index (χ4n) is 3.70.